The van der Waals surface area contributed by atoms with Crippen molar-refractivity contribution in [1.82, 2.24) is 29.9 Å². The molecular weight excluding hydrogens is 523 g/mol. The molecule has 3 aromatic rings. The van der Waals surface area contributed by atoms with Crippen LogP contribution in [0.4, 0.5) is 19.1 Å². The van der Waals surface area contributed by atoms with Crippen molar-refractivity contribution in [3.8, 4) is 11.4 Å². The first-order valence-corrected chi connectivity index (χ1v) is 13.1. The number of carbonyl (C=O) groups is 1. The highest BCUT2D eigenvalue weighted by atomic mass is 19.4. The molecule has 40 heavy (non-hydrogen) atoms. The summed E-state index contributed by atoms with van der Waals surface area (Å²) in [6.45, 7) is 7.78. The van der Waals surface area contributed by atoms with Gasteiger partial charge in [-0.3, -0.25) is 4.79 Å². The SMILES string of the molecule is C=C(C)C1(C)c2cnn(C3CCCCO3)c2C=CC1Nc1nc(-c2ccc(C(=O)NCC(F)(F)F)cc2)nn1C. The number of alkyl halides is 3. The zero-order valence-corrected chi connectivity index (χ0v) is 22.6. The zero-order valence-electron chi connectivity index (χ0n) is 22.6. The smallest absolute Gasteiger partial charge is 0.356 e. The van der Waals surface area contributed by atoms with E-state index in [0.29, 0.717) is 17.3 Å². The van der Waals surface area contributed by atoms with Crippen molar-refractivity contribution in [2.75, 3.05) is 18.5 Å². The van der Waals surface area contributed by atoms with Crippen LogP contribution in [0.5, 0.6) is 0 Å². The van der Waals surface area contributed by atoms with Gasteiger partial charge in [0.05, 0.1) is 17.9 Å². The topological polar surface area (TPSA) is 98.9 Å². The number of aryl methyl sites for hydroxylation is 1. The van der Waals surface area contributed by atoms with Crippen molar-refractivity contribution in [3.05, 3.63) is 65.5 Å². The fraction of sp³-hybridized carbons (Fsp3) is 0.429. The molecule has 2 aromatic heterocycles. The molecule has 1 saturated heterocycles. The van der Waals surface area contributed by atoms with E-state index in [2.05, 4.69) is 41.1 Å². The molecule has 1 fully saturated rings. The standard InChI is InChI=1S/C28H32F3N7O2/c1-17(2)27(3)20-15-33-38(23-7-5-6-14-40-23)21(20)12-13-22(27)34-26-35-24(36-37(26)4)18-8-10-19(11-9-18)25(39)32-16-28(29,30)31/h8-13,15,22-23H,1,5-7,14,16H2,2-4H3,(H,32,39)(H,34,35,36). The molecule has 3 atom stereocenters. The molecule has 3 heterocycles. The average Bonchev–Trinajstić information content (AvgIpc) is 3.53. The number of fused-ring (bicyclic) bond motifs is 1. The van der Waals surface area contributed by atoms with E-state index in [1.54, 1.807) is 23.9 Å². The molecule has 1 amide bonds. The van der Waals surface area contributed by atoms with Crippen LogP contribution in [-0.4, -0.2) is 55.8 Å². The third kappa shape index (κ3) is 5.27. The predicted octanol–water partition coefficient (Wildman–Crippen LogP) is 5.01. The summed E-state index contributed by atoms with van der Waals surface area (Å²) in [5.41, 5.74) is 3.26. The van der Waals surface area contributed by atoms with Crippen molar-refractivity contribution in [1.29, 1.82) is 0 Å². The summed E-state index contributed by atoms with van der Waals surface area (Å²) in [5, 5.41) is 14.6. The molecule has 2 N–H and O–H groups in total. The first-order valence-electron chi connectivity index (χ1n) is 13.1. The Kier molecular flexibility index (Phi) is 7.30. The van der Waals surface area contributed by atoms with Gasteiger partial charge in [-0.05, 0) is 51.3 Å². The molecule has 9 nitrogen and oxygen atoms in total. The average molecular weight is 556 g/mol. The van der Waals surface area contributed by atoms with Crippen LogP contribution in [0.25, 0.3) is 17.5 Å². The van der Waals surface area contributed by atoms with E-state index in [9.17, 15) is 18.0 Å². The quantitative estimate of drug-likeness (QED) is 0.398. The summed E-state index contributed by atoms with van der Waals surface area (Å²) < 4.78 is 46.8. The maximum atomic E-state index is 12.4. The van der Waals surface area contributed by atoms with Crippen molar-refractivity contribution in [3.63, 3.8) is 0 Å². The van der Waals surface area contributed by atoms with Crippen LogP contribution in [-0.2, 0) is 17.2 Å². The Hall–Kier alpha value is -3.93. The number of benzene rings is 1. The lowest BCUT2D eigenvalue weighted by molar-refractivity contribution is -0.123. The van der Waals surface area contributed by atoms with Crippen molar-refractivity contribution in [2.45, 2.75) is 57.0 Å². The van der Waals surface area contributed by atoms with E-state index in [-0.39, 0.29) is 17.8 Å². The fourth-order valence-electron chi connectivity index (χ4n) is 5.14. The van der Waals surface area contributed by atoms with Crippen LogP contribution in [0.2, 0.25) is 0 Å². The molecule has 212 valence electrons. The van der Waals surface area contributed by atoms with E-state index in [1.807, 2.05) is 23.1 Å². The van der Waals surface area contributed by atoms with Gasteiger partial charge >= 0.3 is 6.18 Å². The van der Waals surface area contributed by atoms with Gasteiger partial charge in [0.15, 0.2) is 12.1 Å². The summed E-state index contributed by atoms with van der Waals surface area (Å²) in [4.78, 5) is 16.7. The number of nitrogens with one attached hydrogen (secondary N) is 2. The van der Waals surface area contributed by atoms with Gasteiger partial charge in [-0.1, -0.05) is 30.4 Å². The maximum Gasteiger partial charge on any atom is 0.405 e. The Morgan fingerprint density at radius 3 is 2.65 bits per heavy atom. The van der Waals surface area contributed by atoms with Gasteiger partial charge in [0, 0.05) is 35.8 Å². The molecule has 3 unspecified atom stereocenters. The lowest BCUT2D eigenvalue weighted by Gasteiger charge is -2.40. The Morgan fingerprint density at radius 2 is 2.00 bits per heavy atom. The third-order valence-electron chi connectivity index (χ3n) is 7.68. The fourth-order valence-corrected chi connectivity index (χ4v) is 5.14. The first-order chi connectivity index (χ1) is 19.0. The second-order valence-electron chi connectivity index (χ2n) is 10.4. The molecule has 5 rings (SSSR count). The molecule has 0 saturated carbocycles. The van der Waals surface area contributed by atoms with Crippen LogP contribution in [0.15, 0.2) is 48.7 Å². The van der Waals surface area contributed by atoms with Crippen molar-refractivity contribution in [2.24, 2.45) is 7.05 Å². The number of hydrogen-bond acceptors (Lipinski definition) is 6. The van der Waals surface area contributed by atoms with E-state index in [0.717, 1.165) is 42.7 Å². The molecule has 1 aliphatic heterocycles. The number of amides is 1. The second-order valence-corrected chi connectivity index (χ2v) is 10.4. The van der Waals surface area contributed by atoms with Crippen molar-refractivity contribution < 1.29 is 22.7 Å². The molecule has 1 aromatic carbocycles. The monoisotopic (exact) mass is 555 g/mol. The highest BCUT2D eigenvalue weighted by molar-refractivity contribution is 5.94. The van der Waals surface area contributed by atoms with Gasteiger partial charge in [-0.2, -0.15) is 23.3 Å². The summed E-state index contributed by atoms with van der Waals surface area (Å²) in [5.74, 6) is 0.128. The molecule has 0 bridgehead atoms. The van der Waals surface area contributed by atoms with Gasteiger partial charge in [0.2, 0.25) is 5.95 Å². The van der Waals surface area contributed by atoms with Crippen LogP contribution in [0.1, 0.15) is 61.0 Å². The number of ether oxygens (including phenoxy) is 1. The van der Waals surface area contributed by atoms with Crippen LogP contribution < -0.4 is 10.6 Å². The number of rotatable bonds is 7. The molecule has 0 spiro atoms. The van der Waals surface area contributed by atoms with Gasteiger partial charge in [-0.25, -0.2) is 9.36 Å². The molecule has 12 heteroatoms. The normalized spacial score (nSPS) is 22.6. The number of aromatic nitrogens is 5. The summed E-state index contributed by atoms with van der Waals surface area (Å²) in [6.07, 6.45) is 4.58. The minimum atomic E-state index is -4.48. The Morgan fingerprint density at radius 1 is 1.25 bits per heavy atom. The van der Waals surface area contributed by atoms with E-state index < -0.39 is 24.0 Å². The van der Waals surface area contributed by atoms with Crippen molar-refractivity contribution >= 4 is 17.9 Å². The van der Waals surface area contributed by atoms with Crippen LogP contribution >= 0.6 is 0 Å². The van der Waals surface area contributed by atoms with Crippen LogP contribution in [0, 0.1) is 0 Å². The lowest BCUT2D eigenvalue weighted by Crippen LogP contribution is -2.44. The molecule has 2 aliphatic rings. The minimum Gasteiger partial charge on any atom is -0.356 e. The van der Waals surface area contributed by atoms with E-state index in [4.69, 9.17) is 9.84 Å². The van der Waals surface area contributed by atoms with Gasteiger partial charge in [-0.15, -0.1) is 5.10 Å². The maximum absolute atomic E-state index is 12.4. The molecular formula is C28H32F3N7O2. The third-order valence-corrected chi connectivity index (χ3v) is 7.68. The predicted molar refractivity (Wildman–Crippen MR) is 145 cm³/mol. The summed E-state index contributed by atoms with van der Waals surface area (Å²) in [7, 11) is 1.77. The van der Waals surface area contributed by atoms with E-state index in [1.165, 1.54) is 12.1 Å². The molecule has 0 radical (unpaired) electrons. The van der Waals surface area contributed by atoms with Gasteiger partial charge < -0.3 is 15.4 Å². The highest BCUT2D eigenvalue weighted by Gasteiger charge is 2.42. The number of carbonyl (C=O) groups excluding carboxylic acids is 1. The lowest BCUT2D eigenvalue weighted by atomic mass is 9.69. The van der Waals surface area contributed by atoms with Crippen LogP contribution in [0.3, 0.4) is 0 Å². The Bertz CT molecular complexity index is 1430. The Labute approximate surface area is 230 Å². The molecule has 1 aliphatic carbocycles. The summed E-state index contributed by atoms with van der Waals surface area (Å²) in [6, 6.07) is 5.91. The number of anilines is 1. The number of nitrogens with zero attached hydrogens (tertiary/aromatic N) is 5. The minimum absolute atomic E-state index is 0.0792. The van der Waals surface area contributed by atoms with Gasteiger partial charge in [0.1, 0.15) is 6.54 Å². The first kappa shape index (κ1) is 27.6. The number of hydrogen-bond donors (Lipinski definition) is 2. The second kappa shape index (κ2) is 10.6. The number of halogens is 3. The largest absolute Gasteiger partial charge is 0.405 e. The Balaban J connectivity index is 1.35. The van der Waals surface area contributed by atoms with Gasteiger partial charge in [0.25, 0.3) is 5.91 Å². The highest BCUT2D eigenvalue weighted by Crippen LogP contribution is 2.43. The summed E-state index contributed by atoms with van der Waals surface area (Å²) >= 11 is 0. The van der Waals surface area contributed by atoms with E-state index >= 15 is 0 Å². The zero-order chi connectivity index (χ0) is 28.7.